The van der Waals surface area contributed by atoms with Crippen LogP contribution in [0.25, 0.3) is 0 Å². The number of unbranched alkanes of at least 4 members (excludes halogenated alkanes) is 1. The highest BCUT2D eigenvalue weighted by molar-refractivity contribution is 5.91. The van der Waals surface area contributed by atoms with Crippen LogP contribution in [-0.4, -0.2) is 47.7 Å². The van der Waals surface area contributed by atoms with Crippen molar-refractivity contribution in [2.75, 3.05) is 13.2 Å². The third-order valence-corrected chi connectivity index (χ3v) is 6.16. The van der Waals surface area contributed by atoms with Crippen molar-refractivity contribution in [2.45, 2.75) is 69.6 Å². The van der Waals surface area contributed by atoms with Crippen LogP contribution >= 0.6 is 0 Å². The van der Waals surface area contributed by atoms with E-state index in [1.807, 2.05) is 17.1 Å². The van der Waals surface area contributed by atoms with Crippen molar-refractivity contribution < 1.29 is 19.1 Å². The summed E-state index contributed by atoms with van der Waals surface area (Å²) in [6.45, 7) is 3.10. The van der Waals surface area contributed by atoms with Crippen LogP contribution in [0.3, 0.4) is 0 Å². The average Bonchev–Trinajstić information content (AvgIpc) is 3.24. The first kappa shape index (κ1) is 16.1. The fourth-order valence-electron chi connectivity index (χ4n) is 4.91. The van der Waals surface area contributed by atoms with Gasteiger partial charge in [-0.1, -0.05) is 44.8 Å². The molecule has 5 nitrogen and oxygen atoms in total. The van der Waals surface area contributed by atoms with Gasteiger partial charge in [-0.2, -0.15) is 0 Å². The second kappa shape index (κ2) is 6.17. The molecule has 0 unspecified atom stereocenters. The van der Waals surface area contributed by atoms with E-state index in [0.29, 0.717) is 19.2 Å². The largest absolute Gasteiger partial charge is 0.465 e. The number of amides is 1. The van der Waals surface area contributed by atoms with Gasteiger partial charge < -0.3 is 14.4 Å². The first-order valence-corrected chi connectivity index (χ1v) is 9.50. The molecule has 0 aromatic rings. The topological polar surface area (TPSA) is 55.8 Å². The maximum atomic E-state index is 13.1. The maximum absolute atomic E-state index is 13.1. The van der Waals surface area contributed by atoms with Crippen molar-refractivity contribution in [1.82, 2.24) is 4.90 Å². The predicted octanol–water partition coefficient (Wildman–Crippen LogP) is 2.44. The van der Waals surface area contributed by atoms with Gasteiger partial charge in [0.15, 0.2) is 0 Å². The summed E-state index contributed by atoms with van der Waals surface area (Å²) >= 11 is 0. The number of ether oxygens (including phenoxy) is 2. The van der Waals surface area contributed by atoms with Gasteiger partial charge in [0.25, 0.3) is 0 Å². The molecule has 1 amide bonds. The number of rotatable bonds is 5. The summed E-state index contributed by atoms with van der Waals surface area (Å²) in [6.07, 6.45) is 11.3. The number of carbonyl (C=O) groups excluding carboxylic acids is 2. The van der Waals surface area contributed by atoms with Crippen molar-refractivity contribution >= 4 is 11.9 Å². The summed E-state index contributed by atoms with van der Waals surface area (Å²) < 4.78 is 11.6. The fraction of sp³-hybridized carbons (Fsp3) is 0.789. The third-order valence-electron chi connectivity index (χ3n) is 6.16. The Kier molecular flexibility index (Phi) is 4.15. The molecule has 3 heterocycles. The van der Waals surface area contributed by atoms with Gasteiger partial charge in [-0.3, -0.25) is 9.59 Å². The van der Waals surface area contributed by atoms with E-state index in [1.165, 1.54) is 19.3 Å². The molecule has 1 aliphatic carbocycles. The number of carbonyl (C=O) groups is 2. The Morgan fingerprint density at radius 2 is 2.17 bits per heavy atom. The van der Waals surface area contributed by atoms with Gasteiger partial charge in [0.05, 0.1) is 25.2 Å². The van der Waals surface area contributed by atoms with E-state index in [1.54, 1.807) is 0 Å². The number of fused-ring (bicyclic) bond motifs is 1. The molecular formula is C19H27NO4. The van der Waals surface area contributed by atoms with Crippen molar-refractivity contribution in [3.63, 3.8) is 0 Å². The Balaban J connectivity index is 1.52. The molecule has 4 atom stereocenters. The molecule has 132 valence electrons. The van der Waals surface area contributed by atoms with Crippen LogP contribution in [0, 0.1) is 11.8 Å². The first-order valence-electron chi connectivity index (χ1n) is 9.50. The summed E-state index contributed by atoms with van der Waals surface area (Å²) in [5.41, 5.74) is -0.590. The van der Waals surface area contributed by atoms with Crippen LogP contribution in [0.15, 0.2) is 12.2 Å². The van der Waals surface area contributed by atoms with Crippen LogP contribution in [0.4, 0.5) is 0 Å². The minimum atomic E-state index is -0.590. The lowest BCUT2D eigenvalue weighted by Crippen LogP contribution is -2.42. The fourth-order valence-corrected chi connectivity index (χ4v) is 4.91. The molecule has 3 fully saturated rings. The van der Waals surface area contributed by atoms with E-state index in [4.69, 9.17) is 9.47 Å². The van der Waals surface area contributed by atoms with Gasteiger partial charge in [-0.25, -0.2) is 0 Å². The summed E-state index contributed by atoms with van der Waals surface area (Å²) in [6, 6.07) is 0.319. The van der Waals surface area contributed by atoms with Crippen LogP contribution in [-0.2, 0) is 19.1 Å². The maximum Gasteiger partial charge on any atom is 0.312 e. The quantitative estimate of drug-likeness (QED) is 0.440. The monoisotopic (exact) mass is 333 g/mol. The van der Waals surface area contributed by atoms with E-state index >= 15 is 0 Å². The molecule has 2 saturated heterocycles. The van der Waals surface area contributed by atoms with Crippen molar-refractivity contribution in [1.29, 1.82) is 0 Å². The normalized spacial score (nSPS) is 38.0. The van der Waals surface area contributed by atoms with E-state index < -0.39 is 11.5 Å². The lowest BCUT2D eigenvalue weighted by molar-refractivity contribution is -0.154. The molecule has 1 spiro atoms. The predicted molar refractivity (Wildman–Crippen MR) is 88.2 cm³/mol. The first-order chi connectivity index (χ1) is 11.7. The van der Waals surface area contributed by atoms with E-state index in [9.17, 15) is 9.59 Å². The zero-order chi connectivity index (χ0) is 16.7. The van der Waals surface area contributed by atoms with E-state index in [0.717, 1.165) is 25.7 Å². The summed E-state index contributed by atoms with van der Waals surface area (Å²) in [5, 5.41) is 0. The highest BCUT2D eigenvalue weighted by Gasteiger charge is 2.67. The molecule has 0 aromatic carbocycles. The van der Waals surface area contributed by atoms with Crippen molar-refractivity contribution in [3.8, 4) is 0 Å². The van der Waals surface area contributed by atoms with Gasteiger partial charge >= 0.3 is 5.97 Å². The molecule has 1 saturated carbocycles. The molecule has 4 rings (SSSR count). The Labute approximate surface area is 143 Å². The number of hydrogen-bond acceptors (Lipinski definition) is 4. The van der Waals surface area contributed by atoms with Gasteiger partial charge in [0.1, 0.15) is 11.5 Å². The molecular weight excluding hydrogens is 306 g/mol. The molecule has 0 radical (unpaired) electrons. The SMILES string of the molecule is CCCCOC(=O)[C@H]1[C@H]2C(=O)N(C3CCCCC3)C[C@]23C=C[C@H]1O3. The van der Waals surface area contributed by atoms with Crippen LogP contribution in [0.1, 0.15) is 51.9 Å². The zero-order valence-corrected chi connectivity index (χ0v) is 14.4. The van der Waals surface area contributed by atoms with Crippen LogP contribution in [0.5, 0.6) is 0 Å². The highest BCUT2D eigenvalue weighted by atomic mass is 16.6. The second-order valence-electron chi connectivity index (χ2n) is 7.68. The third kappa shape index (κ3) is 2.40. The lowest BCUT2D eigenvalue weighted by atomic mass is 9.77. The Hall–Kier alpha value is -1.36. The highest BCUT2D eigenvalue weighted by Crippen LogP contribution is 2.53. The van der Waals surface area contributed by atoms with Crippen molar-refractivity contribution in [2.24, 2.45) is 11.8 Å². The van der Waals surface area contributed by atoms with E-state index in [-0.39, 0.29) is 23.9 Å². The number of nitrogens with zero attached hydrogens (tertiary/aromatic N) is 1. The summed E-state index contributed by atoms with van der Waals surface area (Å²) in [7, 11) is 0. The molecule has 5 heteroatoms. The number of esters is 1. The average molecular weight is 333 g/mol. The second-order valence-corrected chi connectivity index (χ2v) is 7.68. The number of hydrogen-bond donors (Lipinski definition) is 0. The van der Waals surface area contributed by atoms with E-state index in [2.05, 4.69) is 6.92 Å². The van der Waals surface area contributed by atoms with Gasteiger partial charge in [0.2, 0.25) is 5.91 Å². The Morgan fingerprint density at radius 3 is 2.92 bits per heavy atom. The number of likely N-dealkylation sites (tertiary alicyclic amines) is 1. The molecule has 24 heavy (non-hydrogen) atoms. The Morgan fingerprint density at radius 1 is 1.38 bits per heavy atom. The standard InChI is InChI=1S/C19H27NO4/c1-2-3-11-23-18(22)15-14-9-10-19(24-14)12-20(17(21)16(15)19)13-7-5-4-6-8-13/h9-10,13-16H,2-8,11-12H2,1H3/t14-,15-,16+,19-/m1/s1. The van der Waals surface area contributed by atoms with Gasteiger partial charge in [0, 0.05) is 6.04 Å². The molecule has 3 aliphatic heterocycles. The Bertz CT molecular complexity index is 554. The summed E-state index contributed by atoms with van der Waals surface area (Å²) in [4.78, 5) is 27.7. The van der Waals surface area contributed by atoms with Gasteiger partial charge in [-0.05, 0) is 19.3 Å². The summed E-state index contributed by atoms with van der Waals surface area (Å²) in [5.74, 6) is -1.01. The minimum Gasteiger partial charge on any atom is -0.465 e. The van der Waals surface area contributed by atoms with Crippen LogP contribution < -0.4 is 0 Å². The zero-order valence-electron chi connectivity index (χ0n) is 14.4. The lowest BCUT2D eigenvalue weighted by Gasteiger charge is -2.32. The van der Waals surface area contributed by atoms with Crippen molar-refractivity contribution in [3.05, 3.63) is 12.2 Å². The molecule has 0 aromatic heterocycles. The van der Waals surface area contributed by atoms with Crippen LogP contribution in [0.2, 0.25) is 0 Å². The molecule has 4 aliphatic rings. The minimum absolute atomic E-state index is 0.103. The van der Waals surface area contributed by atoms with Gasteiger partial charge in [-0.15, -0.1) is 0 Å². The molecule has 0 N–H and O–H groups in total. The molecule has 2 bridgehead atoms. The smallest absolute Gasteiger partial charge is 0.312 e.